The van der Waals surface area contributed by atoms with Crippen molar-refractivity contribution in [3.05, 3.63) is 71.7 Å². The van der Waals surface area contributed by atoms with E-state index in [0.29, 0.717) is 11.8 Å². The van der Waals surface area contributed by atoms with Crippen molar-refractivity contribution in [2.24, 2.45) is 5.92 Å². The predicted molar refractivity (Wildman–Crippen MR) is 114 cm³/mol. The summed E-state index contributed by atoms with van der Waals surface area (Å²) in [4.78, 5) is 4.99. The molecule has 4 rings (SSSR count). The Kier molecular flexibility index (Phi) is 6.05. The van der Waals surface area contributed by atoms with Gasteiger partial charge in [0.15, 0.2) is 0 Å². The first-order chi connectivity index (χ1) is 13.1. The Morgan fingerprint density at radius 2 is 1.67 bits per heavy atom. The van der Waals surface area contributed by atoms with Crippen LogP contribution in [0.3, 0.4) is 0 Å². The molecule has 0 N–H and O–H groups in total. The molecule has 1 aliphatic carbocycles. The molecule has 1 saturated carbocycles. The largest absolute Gasteiger partial charge is 0.252 e. The maximum absolute atomic E-state index is 13.5. The number of fused-ring (bicyclic) bond motifs is 1. The van der Waals surface area contributed by atoms with Crippen LogP contribution in [0.2, 0.25) is 0 Å². The van der Waals surface area contributed by atoms with Crippen LogP contribution in [0, 0.1) is 11.7 Å². The third kappa shape index (κ3) is 4.27. The molecule has 1 aliphatic rings. The van der Waals surface area contributed by atoms with Gasteiger partial charge in [0.1, 0.15) is 5.82 Å². The molecule has 0 amide bonds. The fourth-order valence-electron chi connectivity index (χ4n) is 3.30. The quantitative estimate of drug-likeness (QED) is 0.466. The first-order valence-corrected chi connectivity index (χ1v) is 10.0. The zero-order valence-corrected chi connectivity index (χ0v) is 16.7. The van der Waals surface area contributed by atoms with Crippen LogP contribution in [-0.4, -0.2) is 4.98 Å². The van der Waals surface area contributed by atoms with Gasteiger partial charge in [-0.3, -0.25) is 4.98 Å². The highest BCUT2D eigenvalue weighted by molar-refractivity contribution is 5.99. The van der Waals surface area contributed by atoms with E-state index in [-0.39, 0.29) is 5.82 Å². The molecule has 1 fully saturated rings. The van der Waals surface area contributed by atoms with Gasteiger partial charge in [0.25, 0.3) is 0 Å². The number of nitrogens with zero attached hydrogens (tertiary/aromatic N) is 1. The molecule has 1 nitrogen and oxygen atoms in total. The lowest BCUT2D eigenvalue weighted by molar-refractivity contribution is 0.628. The summed E-state index contributed by atoms with van der Waals surface area (Å²) in [6, 6.07) is 15.1. The molecular weight excluding hydrogens is 333 g/mol. The fourth-order valence-corrected chi connectivity index (χ4v) is 3.30. The third-order valence-corrected chi connectivity index (χ3v) is 4.70. The molecule has 0 bridgehead atoms. The summed E-state index contributed by atoms with van der Waals surface area (Å²) in [5, 5.41) is 1.13. The lowest BCUT2D eigenvalue weighted by atomic mass is 9.92. The fraction of sp³-hybridized carbons (Fsp3) is 0.320. The Hall–Kier alpha value is -2.48. The molecule has 0 saturated heterocycles. The Balaban J connectivity index is 0.00000102. The first-order valence-electron chi connectivity index (χ1n) is 10.0. The summed E-state index contributed by atoms with van der Waals surface area (Å²) in [5.74, 6) is 0.819. The monoisotopic (exact) mass is 361 g/mol. The van der Waals surface area contributed by atoms with Gasteiger partial charge in [-0.05, 0) is 42.5 Å². The van der Waals surface area contributed by atoms with Gasteiger partial charge < -0.3 is 0 Å². The van der Waals surface area contributed by atoms with Crippen molar-refractivity contribution in [1.82, 2.24) is 4.98 Å². The zero-order valence-electron chi connectivity index (χ0n) is 16.7. The average Bonchev–Trinajstić information content (AvgIpc) is 3.53. The van der Waals surface area contributed by atoms with Crippen LogP contribution >= 0.6 is 0 Å². The van der Waals surface area contributed by atoms with E-state index >= 15 is 0 Å². The second-order valence-corrected chi connectivity index (χ2v) is 7.19. The van der Waals surface area contributed by atoms with Gasteiger partial charge in [-0.15, -0.1) is 0 Å². The topological polar surface area (TPSA) is 12.9 Å². The Morgan fingerprint density at radius 1 is 1.00 bits per heavy atom. The minimum atomic E-state index is -0.205. The molecular formula is C25H28FN. The zero-order chi connectivity index (χ0) is 19.4. The lowest BCUT2D eigenvalue weighted by Gasteiger charge is -2.16. The highest BCUT2D eigenvalue weighted by atomic mass is 19.1. The standard InChI is InChI=1S/C23H22FN.C2H6/c1-15(2)7-14-20-22(16-10-12-18(24)13-11-16)19-5-3-4-6-21(19)25-23(20)17-8-9-17;1-2/h3-7,10-15,17H,8-9H2,1-2H3;1-2H3/b14-7+;. The molecule has 2 aromatic carbocycles. The van der Waals surface area contributed by atoms with E-state index < -0.39 is 0 Å². The molecule has 3 aromatic rings. The van der Waals surface area contributed by atoms with E-state index in [1.807, 2.05) is 38.1 Å². The van der Waals surface area contributed by atoms with Crippen molar-refractivity contribution >= 4 is 17.0 Å². The number of para-hydroxylation sites is 1. The minimum absolute atomic E-state index is 0.205. The first kappa shape index (κ1) is 19.3. The second kappa shape index (κ2) is 8.47. The van der Waals surface area contributed by atoms with Gasteiger partial charge >= 0.3 is 0 Å². The van der Waals surface area contributed by atoms with Crippen LogP contribution in [-0.2, 0) is 0 Å². The number of pyridine rings is 1. The highest BCUT2D eigenvalue weighted by Crippen LogP contribution is 2.45. The number of rotatable bonds is 4. The van der Waals surface area contributed by atoms with Crippen LogP contribution in [0.15, 0.2) is 54.6 Å². The number of aromatic nitrogens is 1. The van der Waals surface area contributed by atoms with Gasteiger partial charge in [-0.1, -0.05) is 70.2 Å². The molecule has 0 atom stereocenters. The van der Waals surface area contributed by atoms with Crippen LogP contribution in [0.25, 0.3) is 28.1 Å². The number of benzene rings is 2. The normalized spacial score (nSPS) is 13.9. The van der Waals surface area contributed by atoms with Crippen LogP contribution in [0.5, 0.6) is 0 Å². The van der Waals surface area contributed by atoms with Gasteiger partial charge in [-0.25, -0.2) is 4.39 Å². The number of allylic oxidation sites excluding steroid dienone is 1. The number of halogens is 1. The van der Waals surface area contributed by atoms with Crippen molar-refractivity contribution in [2.75, 3.05) is 0 Å². The summed E-state index contributed by atoms with van der Waals surface area (Å²) >= 11 is 0. The van der Waals surface area contributed by atoms with Crippen LogP contribution in [0.4, 0.5) is 4.39 Å². The van der Waals surface area contributed by atoms with Crippen molar-refractivity contribution < 1.29 is 4.39 Å². The van der Waals surface area contributed by atoms with E-state index in [1.54, 1.807) is 0 Å². The van der Waals surface area contributed by atoms with Gasteiger partial charge in [-0.2, -0.15) is 0 Å². The van der Waals surface area contributed by atoms with Gasteiger partial charge in [0.2, 0.25) is 0 Å². The van der Waals surface area contributed by atoms with E-state index in [9.17, 15) is 4.39 Å². The summed E-state index contributed by atoms with van der Waals surface area (Å²) in [6.45, 7) is 8.36. The molecule has 0 radical (unpaired) electrons. The summed E-state index contributed by atoms with van der Waals surface area (Å²) < 4.78 is 13.5. The van der Waals surface area contributed by atoms with E-state index in [1.165, 1.54) is 41.8 Å². The molecule has 0 unspecified atom stereocenters. The number of hydrogen-bond donors (Lipinski definition) is 0. The van der Waals surface area contributed by atoms with Crippen molar-refractivity contribution in [3.8, 4) is 11.1 Å². The lowest BCUT2D eigenvalue weighted by Crippen LogP contribution is -1.98. The van der Waals surface area contributed by atoms with Crippen molar-refractivity contribution in [1.29, 1.82) is 0 Å². The molecule has 0 aliphatic heterocycles. The van der Waals surface area contributed by atoms with Crippen LogP contribution < -0.4 is 0 Å². The second-order valence-electron chi connectivity index (χ2n) is 7.19. The van der Waals surface area contributed by atoms with Crippen molar-refractivity contribution in [2.45, 2.75) is 46.5 Å². The summed E-state index contributed by atoms with van der Waals surface area (Å²) in [6.07, 6.45) is 6.86. The average molecular weight is 362 g/mol. The maximum Gasteiger partial charge on any atom is 0.123 e. The molecule has 1 aromatic heterocycles. The highest BCUT2D eigenvalue weighted by Gasteiger charge is 2.29. The van der Waals surface area contributed by atoms with Gasteiger partial charge in [0.05, 0.1) is 11.2 Å². The van der Waals surface area contributed by atoms with Gasteiger partial charge in [0, 0.05) is 22.4 Å². The minimum Gasteiger partial charge on any atom is -0.252 e. The molecule has 2 heteroatoms. The molecule has 27 heavy (non-hydrogen) atoms. The van der Waals surface area contributed by atoms with Crippen molar-refractivity contribution in [3.63, 3.8) is 0 Å². The SMILES string of the molecule is CC.CC(C)/C=C/c1c(C2CC2)nc2ccccc2c1-c1ccc(F)cc1. The van der Waals surface area contributed by atoms with Crippen LogP contribution in [0.1, 0.15) is 57.7 Å². The van der Waals surface area contributed by atoms with E-state index in [2.05, 4.69) is 38.1 Å². The van der Waals surface area contributed by atoms with E-state index in [4.69, 9.17) is 4.98 Å². The Bertz CT molecular complexity index is 934. The summed E-state index contributed by atoms with van der Waals surface area (Å²) in [7, 11) is 0. The molecule has 140 valence electrons. The maximum atomic E-state index is 13.5. The summed E-state index contributed by atoms with van der Waals surface area (Å²) in [5.41, 5.74) is 5.62. The third-order valence-electron chi connectivity index (χ3n) is 4.70. The number of hydrogen-bond acceptors (Lipinski definition) is 1. The Morgan fingerprint density at radius 3 is 2.30 bits per heavy atom. The van der Waals surface area contributed by atoms with E-state index in [0.717, 1.165) is 16.5 Å². The Labute approximate surface area is 162 Å². The molecule has 0 spiro atoms. The smallest absolute Gasteiger partial charge is 0.123 e. The predicted octanol–water partition coefficient (Wildman–Crippen LogP) is 7.61. The molecule has 1 heterocycles.